The molecule has 0 saturated heterocycles. The predicted molar refractivity (Wildman–Crippen MR) is 114 cm³/mol. The van der Waals surface area contributed by atoms with Gasteiger partial charge in [0.05, 0.1) is 23.6 Å². The van der Waals surface area contributed by atoms with Crippen molar-refractivity contribution >= 4 is 23.2 Å². The Kier molecular flexibility index (Phi) is 5.34. The molecule has 5 N–H and O–H groups in total. The average Bonchev–Trinajstić information content (AvgIpc) is 3.12. The van der Waals surface area contributed by atoms with E-state index in [2.05, 4.69) is 25.3 Å². The normalized spacial score (nSPS) is 11.8. The summed E-state index contributed by atoms with van der Waals surface area (Å²) in [5.41, 5.74) is 14.0. The van der Waals surface area contributed by atoms with Gasteiger partial charge in [-0.05, 0) is 30.7 Å². The Labute approximate surface area is 181 Å². The van der Waals surface area contributed by atoms with Gasteiger partial charge in [-0.2, -0.15) is 5.26 Å². The first kappa shape index (κ1) is 20.7. The maximum atomic E-state index is 13.8. The molecule has 1 amide bonds. The van der Waals surface area contributed by atoms with Crippen LogP contribution in [0, 0.1) is 17.1 Å². The monoisotopic (exact) mass is 431 g/mol. The molecule has 0 aliphatic rings. The third kappa shape index (κ3) is 3.77. The molecule has 4 aromatic rings. The molecule has 10 nitrogen and oxygen atoms in total. The van der Waals surface area contributed by atoms with Gasteiger partial charge in [0, 0.05) is 12.6 Å². The molecule has 0 aliphatic heterocycles. The molecule has 4 rings (SSSR count). The molecule has 0 aliphatic carbocycles. The number of aromatic nitrogens is 5. The largest absolute Gasteiger partial charge is 0.382 e. The zero-order valence-corrected chi connectivity index (χ0v) is 17.0. The molecule has 0 saturated carbocycles. The number of rotatable bonds is 6. The van der Waals surface area contributed by atoms with Gasteiger partial charge in [-0.15, -0.1) is 0 Å². The fraction of sp³-hybridized carbons (Fsp3) is 0.143. The molecule has 4 aromatic heterocycles. The number of pyridine rings is 2. The summed E-state index contributed by atoms with van der Waals surface area (Å²) in [5.74, 6) is -0.810. The molecule has 32 heavy (non-hydrogen) atoms. The second-order valence-corrected chi connectivity index (χ2v) is 7.06. The highest BCUT2D eigenvalue weighted by Gasteiger charge is 2.23. The summed E-state index contributed by atoms with van der Waals surface area (Å²) in [4.78, 5) is 28.6. The number of carbonyl (C=O) groups is 1. The first-order valence-corrected chi connectivity index (χ1v) is 9.55. The van der Waals surface area contributed by atoms with Crippen molar-refractivity contribution in [2.75, 3.05) is 11.1 Å². The smallest absolute Gasteiger partial charge is 0.265 e. The lowest BCUT2D eigenvalue weighted by Crippen LogP contribution is -2.18. The van der Waals surface area contributed by atoms with E-state index in [0.29, 0.717) is 22.6 Å². The van der Waals surface area contributed by atoms with Crippen molar-refractivity contribution in [3.05, 3.63) is 77.0 Å². The number of halogens is 1. The van der Waals surface area contributed by atoms with E-state index in [1.165, 1.54) is 18.6 Å². The Morgan fingerprint density at radius 3 is 2.88 bits per heavy atom. The maximum Gasteiger partial charge on any atom is 0.265 e. The molecule has 0 spiro atoms. The second kappa shape index (κ2) is 8.27. The molecule has 11 heteroatoms. The fourth-order valence-electron chi connectivity index (χ4n) is 3.52. The Hall–Kier alpha value is -4.59. The van der Waals surface area contributed by atoms with Crippen molar-refractivity contribution in [1.29, 1.82) is 5.26 Å². The number of hydrogen-bond donors (Lipinski definition) is 3. The van der Waals surface area contributed by atoms with Crippen molar-refractivity contribution in [3.63, 3.8) is 0 Å². The van der Waals surface area contributed by atoms with E-state index in [9.17, 15) is 14.4 Å². The third-order valence-electron chi connectivity index (χ3n) is 4.91. The number of anilines is 2. The van der Waals surface area contributed by atoms with Crippen LogP contribution in [0.3, 0.4) is 0 Å². The van der Waals surface area contributed by atoms with Crippen LogP contribution in [0.15, 0.2) is 43.0 Å². The number of hydrogen-bond acceptors (Lipinski definition) is 8. The molecule has 1 atom stereocenters. The van der Waals surface area contributed by atoms with Crippen molar-refractivity contribution in [1.82, 2.24) is 24.3 Å². The van der Waals surface area contributed by atoms with E-state index < -0.39 is 17.8 Å². The van der Waals surface area contributed by atoms with Crippen LogP contribution in [0.1, 0.15) is 46.0 Å². The number of primary amides is 1. The van der Waals surface area contributed by atoms with Gasteiger partial charge >= 0.3 is 0 Å². The van der Waals surface area contributed by atoms with Gasteiger partial charge in [-0.1, -0.05) is 6.07 Å². The molecule has 0 unspecified atom stereocenters. The molecule has 0 bridgehead atoms. The number of fused-ring (bicyclic) bond motifs is 1. The Morgan fingerprint density at radius 2 is 2.16 bits per heavy atom. The van der Waals surface area contributed by atoms with E-state index in [0.717, 1.165) is 6.20 Å². The lowest BCUT2D eigenvalue weighted by molar-refractivity contribution is 0.0994. The van der Waals surface area contributed by atoms with E-state index in [1.807, 2.05) is 13.0 Å². The van der Waals surface area contributed by atoms with Crippen LogP contribution in [0.2, 0.25) is 0 Å². The standard InChI is InChI=1S/C21H18FN9O/c1-11(29-21-14(7-23)19(24)27-10-28-21)18-16(6-12-5-13(22)9-26-8-12)31-15(20(25)32)3-2-4-17(31)30-18/h2-5,8-11H,6H2,1H3,(H2,25,32)(H3,24,27,28,29)/t11-/m0/s1. The number of imidazole rings is 1. The molecule has 0 fully saturated rings. The summed E-state index contributed by atoms with van der Waals surface area (Å²) in [6, 6.07) is 7.88. The van der Waals surface area contributed by atoms with Crippen molar-refractivity contribution in [3.8, 4) is 6.07 Å². The van der Waals surface area contributed by atoms with Crippen molar-refractivity contribution in [2.24, 2.45) is 5.73 Å². The summed E-state index contributed by atoms with van der Waals surface area (Å²) in [6.07, 6.45) is 4.13. The minimum Gasteiger partial charge on any atom is -0.382 e. The van der Waals surface area contributed by atoms with Gasteiger partial charge < -0.3 is 16.8 Å². The van der Waals surface area contributed by atoms with Gasteiger partial charge in [0.25, 0.3) is 5.91 Å². The first-order chi connectivity index (χ1) is 15.4. The lowest BCUT2D eigenvalue weighted by atomic mass is 10.1. The zero-order valence-electron chi connectivity index (χ0n) is 17.0. The van der Waals surface area contributed by atoms with Gasteiger partial charge in [0.1, 0.15) is 46.8 Å². The van der Waals surface area contributed by atoms with E-state index in [4.69, 9.17) is 11.5 Å². The highest BCUT2D eigenvalue weighted by Crippen LogP contribution is 2.27. The third-order valence-corrected chi connectivity index (χ3v) is 4.91. The number of carbonyl (C=O) groups excluding carboxylic acids is 1. The van der Waals surface area contributed by atoms with E-state index in [1.54, 1.807) is 22.6 Å². The minimum atomic E-state index is -0.630. The first-order valence-electron chi connectivity index (χ1n) is 9.55. The van der Waals surface area contributed by atoms with Crippen LogP contribution in [-0.2, 0) is 6.42 Å². The van der Waals surface area contributed by atoms with Gasteiger partial charge in [0.2, 0.25) is 0 Å². The van der Waals surface area contributed by atoms with Gasteiger partial charge in [-0.3, -0.25) is 14.2 Å². The Morgan fingerprint density at radius 1 is 1.34 bits per heavy atom. The number of nitrogens with one attached hydrogen (secondary N) is 1. The number of nitrogen functional groups attached to an aromatic ring is 1. The highest BCUT2D eigenvalue weighted by molar-refractivity contribution is 5.92. The predicted octanol–water partition coefficient (Wildman–Crippen LogP) is 1.98. The topological polar surface area (TPSA) is 161 Å². The molecule has 4 heterocycles. The van der Waals surface area contributed by atoms with Gasteiger partial charge in [-0.25, -0.2) is 19.3 Å². The molecule has 0 radical (unpaired) electrons. The Balaban J connectivity index is 1.85. The van der Waals surface area contributed by atoms with Crippen LogP contribution in [-0.4, -0.2) is 30.2 Å². The van der Waals surface area contributed by atoms with Gasteiger partial charge in [0.15, 0.2) is 0 Å². The summed E-state index contributed by atoms with van der Waals surface area (Å²) in [7, 11) is 0. The zero-order chi connectivity index (χ0) is 22.8. The Bertz CT molecular complexity index is 1380. The summed E-state index contributed by atoms with van der Waals surface area (Å²) in [5, 5.41) is 12.5. The molecule has 160 valence electrons. The van der Waals surface area contributed by atoms with E-state index >= 15 is 0 Å². The SMILES string of the molecule is C[C@H](Nc1ncnc(N)c1C#N)c1nc2cccc(C(N)=O)n2c1Cc1cncc(F)c1. The van der Waals surface area contributed by atoms with Crippen molar-refractivity contribution < 1.29 is 9.18 Å². The van der Waals surface area contributed by atoms with Crippen LogP contribution in [0.25, 0.3) is 5.65 Å². The molecular formula is C21H18FN9O. The summed E-state index contributed by atoms with van der Waals surface area (Å²) >= 11 is 0. The number of nitriles is 1. The van der Waals surface area contributed by atoms with E-state index in [-0.39, 0.29) is 29.3 Å². The maximum absolute atomic E-state index is 13.8. The lowest BCUT2D eigenvalue weighted by Gasteiger charge is -2.16. The second-order valence-electron chi connectivity index (χ2n) is 7.06. The quantitative estimate of drug-likeness (QED) is 0.417. The number of amides is 1. The number of nitrogens with two attached hydrogens (primary N) is 2. The van der Waals surface area contributed by atoms with Crippen LogP contribution < -0.4 is 16.8 Å². The van der Waals surface area contributed by atoms with Crippen LogP contribution >= 0.6 is 0 Å². The average molecular weight is 431 g/mol. The minimum absolute atomic E-state index is 0.0503. The van der Waals surface area contributed by atoms with Crippen molar-refractivity contribution in [2.45, 2.75) is 19.4 Å². The fourth-order valence-corrected chi connectivity index (χ4v) is 3.52. The molecule has 0 aromatic carbocycles. The summed E-state index contributed by atoms with van der Waals surface area (Å²) in [6.45, 7) is 1.82. The summed E-state index contributed by atoms with van der Waals surface area (Å²) < 4.78 is 15.4. The highest BCUT2D eigenvalue weighted by atomic mass is 19.1. The van der Waals surface area contributed by atoms with Crippen LogP contribution in [0.4, 0.5) is 16.0 Å². The number of nitrogens with zero attached hydrogens (tertiary/aromatic N) is 6. The molecular weight excluding hydrogens is 413 g/mol. The van der Waals surface area contributed by atoms with Crippen LogP contribution in [0.5, 0.6) is 0 Å².